The highest BCUT2D eigenvalue weighted by molar-refractivity contribution is 7.89. The molecule has 1 N–H and O–H groups in total. The average Bonchev–Trinajstić information content (AvgIpc) is 3.23. The van der Waals surface area contributed by atoms with Gasteiger partial charge in [0, 0.05) is 18.7 Å². The van der Waals surface area contributed by atoms with Gasteiger partial charge < -0.3 is 10.1 Å². The minimum atomic E-state index is -3.63. The Hall–Kier alpha value is -2.09. The molecule has 1 unspecified atom stereocenters. The fraction of sp³-hybridized carbons (Fsp3) is 0.350. The number of rotatable bonds is 6. The van der Waals surface area contributed by atoms with Crippen molar-refractivity contribution in [1.29, 1.82) is 0 Å². The summed E-state index contributed by atoms with van der Waals surface area (Å²) in [5, 5.41) is 3.06. The van der Waals surface area contributed by atoms with E-state index in [1.54, 1.807) is 7.11 Å². The molecule has 0 radical (unpaired) electrons. The standard InChI is InChI=1S/C20H23ClN2O4S/c1-14(16-7-3-4-8-19(16)27-2)22-20(24)17-13-15(9-10-18(17)21)28(25,26)23-11-5-6-12-23/h3-4,7-10,13-14H,5-6,11-12H2,1-2H3,(H,22,24). The maximum absolute atomic E-state index is 12.8. The van der Waals surface area contributed by atoms with Gasteiger partial charge in [-0.3, -0.25) is 4.79 Å². The largest absolute Gasteiger partial charge is 0.496 e. The van der Waals surface area contributed by atoms with Crippen LogP contribution in [0.2, 0.25) is 5.02 Å². The Labute approximate surface area is 170 Å². The number of ether oxygens (including phenoxy) is 1. The SMILES string of the molecule is COc1ccccc1C(C)NC(=O)c1cc(S(=O)(=O)N2CCCC2)ccc1Cl. The van der Waals surface area contributed by atoms with Gasteiger partial charge in [-0.25, -0.2) is 8.42 Å². The summed E-state index contributed by atoms with van der Waals surface area (Å²) in [6.45, 7) is 2.82. The second kappa shape index (κ2) is 8.51. The molecule has 3 rings (SSSR count). The van der Waals surface area contributed by atoms with Gasteiger partial charge >= 0.3 is 0 Å². The van der Waals surface area contributed by atoms with Crippen LogP contribution in [0.3, 0.4) is 0 Å². The number of para-hydroxylation sites is 1. The summed E-state index contributed by atoms with van der Waals surface area (Å²) >= 11 is 6.19. The van der Waals surface area contributed by atoms with Gasteiger partial charge in [0.15, 0.2) is 0 Å². The minimum absolute atomic E-state index is 0.0777. The molecule has 6 nitrogen and oxygen atoms in total. The number of benzene rings is 2. The number of hydrogen-bond acceptors (Lipinski definition) is 4. The van der Waals surface area contributed by atoms with E-state index in [0.717, 1.165) is 18.4 Å². The van der Waals surface area contributed by atoms with Crippen LogP contribution in [-0.2, 0) is 10.0 Å². The van der Waals surface area contributed by atoms with Crippen LogP contribution < -0.4 is 10.1 Å². The highest BCUT2D eigenvalue weighted by atomic mass is 35.5. The van der Waals surface area contributed by atoms with Crippen LogP contribution in [0.5, 0.6) is 5.75 Å². The molecule has 0 bridgehead atoms. The van der Waals surface area contributed by atoms with Crippen LogP contribution in [0.4, 0.5) is 0 Å². The van der Waals surface area contributed by atoms with Crippen LogP contribution in [0.15, 0.2) is 47.4 Å². The van der Waals surface area contributed by atoms with Gasteiger partial charge in [0.05, 0.1) is 28.6 Å². The van der Waals surface area contributed by atoms with Crippen molar-refractivity contribution in [2.75, 3.05) is 20.2 Å². The van der Waals surface area contributed by atoms with Crippen molar-refractivity contribution in [2.24, 2.45) is 0 Å². The Bertz CT molecular complexity index is 972. The van der Waals surface area contributed by atoms with Gasteiger partial charge in [0.25, 0.3) is 5.91 Å². The molecule has 1 aliphatic rings. The van der Waals surface area contributed by atoms with E-state index in [4.69, 9.17) is 16.3 Å². The first kappa shape index (κ1) is 20.6. The number of carbonyl (C=O) groups excluding carboxylic acids is 1. The molecule has 8 heteroatoms. The van der Waals surface area contributed by atoms with Crippen molar-refractivity contribution in [3.05, 3.63) is 58.6 Å². The van der Waals surface area contributed by atoms with E-state index >= 15 is 0 Å². The molecule has 1 aliphatic heterocycles. The summed E-state index contributed by atoms with van der Waals surface area (Å²) in [6.07, 6.45) is 1.69. The molecular formula is C20H23ClN2O4S. The number of nitrogens with zero attached hydrogens (tertiary/aromatic N) is 1. The predicted molar refractivity (Wildman–Crippen MR) is 108 cm³/mol. The molecule has 0 aliphatic carbocycles. The topological polar surface area (TPSA) is 75.7 Å². The van der Waals surface area contributed by atoms with Crippen molar-refractivity contribution in [1.82, 2.24) is 9.62 Å². The second-order valence-corrected chi connectivity index (χ2v) is 9.04. The molecule has 0 aromatic heterocycles. The summed E-state index contributed by atoms with van der Waals surface area (Å²) in [7, 11) is -2.06. The fourth-order valence-corrected chi connectivity index (χ4v) is 5.04. The lowest BCUT2D eigenvalue weighted by Crippen LogP contribution is -2.29. The number of methoxy groups -OCH3 is 1. The number of sulfonamides is 1. The van der Waals surface area contributed by atoms with Gasteiger partial charge in [0.2, 0.25) is 10.0 Å². The number of nitrogens with one attached hydrogen (secondary N) is 1. The Morgan fingerprint density at radius 3 is 2.54 bits per heavy atom. The third-order valence-electron chi connectivity index (χ3n) is 4.84. The van der Waals surface area contributed by atoms with E-state index in [2.05, 4.69) is 5.32 Å². The van der Waals surface area contributed by atoms with Crippen molar-refractivity contribution in [3.8, 4) is 5.75 Å². The van der Waals surface area contributed by atoms with Crippen LogP contribution >= 0.6 is 11.6 Å². The van der Waals surface area contributed by atoms with Crippen molar-refractivity contribution in [2.45, 2.75) is 30.7 Å². The molecule has 1 fully saturated rings. The van der Waals surface area contributed by atoms with Gasteiger partial charge in [-0.05, 0) is 44.0 Å². The average molecular weight is 423 g/mol. The first-order chi connectivity index (χ1) is 13.3. The number of hydrogen-bond donors (Lipinski definition) is 1. The zero-order chi connectivity index (χ0) is 20.3. The van der Waals surface area contributed by atoms with Gasteiger partial charge in [-0.1, -0.05) is 29.8 Å². The van der Waals surface area contributed by atoms with Crippen molar-refractivity contribution >= 4 is 27.5 Å². The summed E-state index contributed by atoms with van der Waals surface area (Å²) in [5.41, 5.74) is 0.944. The van der Waals surface area contributed by atoms with E-state index in [1.165, 1.54) is 22.5 Å². The summed E-state index contributed by atoms with van der Waals surface area (Å²) in [6, 6.07) is 11.3. The maximum atomic E-state index is 12.8. The fourth-order valence-electron chi connectivity index (χ4n) is 3.29. The number of amides is 1. The maximum Gasteiger partial charge on any atom is 0.253 e. The van der Waals surface area contributed by atoms with Crippen molar-refractivity contribution < 1.29 is 17.9 Å². The number of halogens is 1. The Morgan fingerprint density at radius 2 is 1.86 bits per heavy atom. The molecule has 2 aromatic carbocycles. The molecule has 0 spiro atoms. The van der Waals surface area contributed by atoms with Crippen molar-refractivity contribution in [3.63, 3.8) is 0 Å². The van der Waals surface area contributed by atoms with Crippen LogP contribution in [0, 0.1) is 0 Å². The highest BCUT2D eigenvalue weighted by Gasteiger charge is 2.28. The smallest absolute Gasteiger partial charge is 0.253 e. The Morgan fingerprint density at radius 1 is 1.18 bits per heavy atom. The van der Waals surface area contributed by atoms with E-state index in [1.807, 2.05) is 31.2 Å². The van der Waals surface area contributed by atoms with Gasteiger partial charge in [-0.2, -0.15) is 4.31 Å². The Kier molecular flexibility index (Phi) is 6.27. The monoisotopic (exact) mass is 422 g/mol. The van der Waals surface area contributed by atoms with E-state index in [9.17, 15) is 13.2 Å². The van der Waals surface area contributed by atoms with Gasteiger partial charge in [0.1, 0.15) is 5.75 Å². The zero-order valence-electron chi connectivity index (χ0n) is 15.8. The predicted octanol–water partition coefficient (Wildman–Crippen LogP) is 3.62. The number of carbonyl (C=O) groups is 1. The van der Waals surface area contributed by atoms with E-state index < -0.39 is 15.9 Å². The molecular weight excluding hydrogens is 400 g/mol. The lowest BCUT2D eigenvalue weighted by Gasteiger charge is -2.19. The second-order valence-electron chi connectivity index (χ2n) is 6.69. The van der Waals surface area contributed by atoms with E-state index in [0.29, 0.717) is 18.8 Å². The quantitative estimate of drug-likeness (QED) is 0.771. The molecule has 1 atom stereocenters. The molecule has 1 heterocycles. The first-order valence-corrected chi connectivity index (χ1v) is 10.9. The minimum Gasteiger partial charge on any atom is -0.496 e. The Balaban J connectivity index is 1.85. The zero-order valence-corrected chi connectivity index (χ0v) is 17.4. The van der Waals surface area contributed by atoms with Crippen LogP contribution in [0.25, 0.3) is 0 Å². The lowest BCUT2D eigenvalue weighted by molar-refractivity contribution is 0.0939. The van der Waals surface area contributed by atoms with Gasteiger partial charge in [-0.15, -0.1) is 0 Å². The first-order valence-electron chi connectivity index (χ1n) is 9.08. The summed E-state index contributed by atoms with van der Waals surface area (Å²) in [5.74, 6) is 0.216. The molecule has 1 amide bonds. The van der Waals surface area contributed by atoms with E-state index in [-0.39, 0.29) is 21.5 Å². The molecule has 1 saturated heterocycles. The van der Waals surface area contributed by atoms with Crippen LogP contribution in [0.1, 0.15) is 41.7 Å². The normalized spacial score (nSPS) is 16.0. The molecule has 150 valence electrons. The summed E-state index contributed by atoms with van der Waals surface area (Å²) < 4.78 is 32.3. The summed E-state index contributed by atoms with van der Waals surface area (Å²) in [4.78, 5) is 12.9. The molecule has 2 aromatic rings. The third kappa shape index (κ3) is 4.16. The third-order valence-corrected chi connectivity index (χ3v) is 7.06. The molecule has 28 heavy (non-hydrogen) atoms. The van der Waals surface area contributed by atoms with Crippen LogP contribution in [-0.4, -0.2) is 38.8 Å². The molecule has 0 saturated carbocycles. The lowest BCUT2D eigenvalue weighted by atomic mass is 10.1. The highest BCUT2D eigenvalue weighted by Crippen LogP contribution is 2.27.